The molecule has 0 fully saturated rings. The summed E-state index contributed by atoms with van der Waals surface area (Å²) in [6.45, 7) is 4.40. The fourth-order valence-electron chi connectivity index (χ4n) is 5.23. The van der Waals surface area contributed by atoms with Crippen LogP contribution in [0.1, 0.15) is 45.6 Å². The van der Waals surface area contributed by atoms with Gasteiger partial charge in [-0.25, -0.2) is 0 Å². The van der Waals surface area contributed by atoms with Crippen molar-refractivity contribution in [2.75, 3.05) is 59.8 Å². The number of phenolic OH excluding ortho intramolecular Hbond substituents is 2. The molecule has 0 bridgehead atoms. The van der Waals surface area contributed by atoms with Crippen LogP contribution in [0.25, 0.3) is 5.69 Å². The van der Waals surface area contributed by atoms with Crippen molar-refractivity contribution in [3.63, 3.8) is 0 Å². The number of aliphatic imine (C=N–C) groups is 1. The molecule has 50 heavy (non-hydrogen) atoms. The Bertz CT molecular complexity index is 1810. The number of aryl methyl sites for hydroxylation is 1. The Balaban J connectivity index is 1.03. The summed E-state index contributed by atoms with van der Waals surface area (Å²) in [5, 5.41) is 33.7. The molecule has 1 aromatic heterocycles. The van der Waals surface area contributed by atoms with Gasteiger partial charge in [-0.1, -0.05) is 23.7 Å². The van der Waals surface area contributed by atoms with Crippen LogP contribution in [0, 0.1) is 6.92 Å². The molecule has 1 unspecified atom stereocenters. The van der Waals surface area contributed by atoms with E-state index in [9.17, 15) is 19.8 Å². The van der Waals surface area contributed by atoms with Crippen LogP contribution in [0.15, 0.2) is 65.7 Å². The molecule has 0 saturated heterocycles. The lowest BCUT2D eigenvalue weighted by atomic mass is 10.00. The molecule has 4 N–H and O–H groups in total. The van der Waals surface area contributed by atoms with Crippen LogP contribution in [0.3, 0.4) is 0 Å². The topological polar surface area (TPSA) is 179 Å². The quantitative estimate of drug-likeness (QED) is 0.0938. The number of hydrogen-bond donors (Lipinski definition) is 4. The van der Waals surface area contributed by atoms with Gasteiger partial charge in [0.05, 0.1) is 64.6 Å². The number of nitrogens with zero attached hydrogens (tertiary/aromatic N) is 4. The van der Waals surface area contributed by atoms with E-state index >= 15 is 0 Å². The van der Waals surface area contributed by atoms with E-state index in [-0.39, 0.29) is 48.4 Å². The standard InChI is InChI=1S/C35H39ClN6O8/c1-22-40-41-34-28(39-33(23-3-6-25(36)7-4-23)27-20-26(47-2)8-9-29(27)42(22)34)21-32(45)37-11-13-48-15-17-50-18-16-49-14-12-38-35(46)24-5-10-30(43)31(44)19-24/h3-10,19-20,28,43-44H,11-18,21H2,1-2H3,(H,37,45)(H,38,46). The summed E-state index contributed by atoms with van der Waals surface area (Å²) in [6.07, 6.45) is 0.0491. The molecule has 0 aliphatic carbocycles. The van der Waals surface area contributed by atoms with Gasteiger partial charge in [0.2, 0.25) is 5.91 Å². The lowest BCUT2D eigenvalue weighted by molar-refractivity contribution is -0.121. The molecule has 1 aliphatic heterocycles. The second-order valence-electron chi connectivity index (χ2n) is 11.2. The van der Waals surface area contributed by atoms with E-state index in [1.807, 2.05) is 41.8 Å². The van der Waals surface area contributed by atoms with Gasteiger partial charge >= 0.3 is 0 Å². The summed E-state index contributed by atoms with van der Waals surface area (Å²) >= 11 is 6.18. The van der Waals surface area contributed by atoms with Crippen LogP contribution in [-0.2, 0) is 19.0 Å². The number of phenols is 2. The van der Waals surface area contributed by atoms with E-state index in [0.717, 1.165) is 16.8 Å². The number of rotatable bonds is 17. The molecule has 0 saturated carbocycles. The largest absolute Gasteiger partial charge is 0.504 e. The van der Waals surface area contributed by atoms with Gasteiger partial charge in [0, 0.05) is 34.8 Å². The number of benzene rings is 3. The first-order valence-corrected chi connectivity index (χ1v) is 16.4. The SMILES string of the molecule is COc1ccc2c(c1)C(c1ccc(Cl)cc1)=NC(CC(=O)NCCOCCOCCOCCNC(=O)c1ccc(O)c(O)c1)c1nnc(C)n1-2. The zero-order valence-corrected chi connectivity index (χ0v) is 28.5. The molecular formula is C35H39ClN6O8. The minimum atomic E-state index is -0.609. The van der Waals surface area contributed by atoms with Gasteiger partial charge in [-0.3, -0.25) is 19.1 Å². The Labute approximate surface area is 294 Å². The first kappa shape index (κ1) is 36.3. The van der Waals surface area contributed by atoms with Crippen LogP contribution in [0.5, 0.6) is 17.2 Å². The second-order valence-corrected chi connectivity index (χ2v) is 11.6. The summed E-state index contributed by atoms with van der Waals surface area (Å²) in [7, 11) is 1.61. The Morgan fingerprint density at radius 2 is 1.52 bits per heavy atom. The molecule has 4 aromatic rings. The molecular weight excluding hydrogens is 668 g/mol. The molecule has 3 aromatic carbocycles. The predicted octanol–water partition coefficient (Wildman–Crippen LogP) is 3.53. The van der Waals surface area contributed by atoms with E-state index in [1.165, 1.54) is 18.2 Å². The average molecular weight is 707 g/mol. The summed E-state index contributed by atoms with van der Waals surface area (Å²) in [5.41, 5.74) is 3.41. The number of ether oxygens (including phenoxy) is 4. The maximum absolute atomic E-state index is 13.1. The van der Waals surface area contributed by atoms with Gasteiger partial charge in [-0.2, -0.15) is 0 Å². The highest BCUT2D eigenvalue weighted by Gasteiger charge is 2.30. The normalized spacial score (nSPS) is 13.5. The molecule has 15 heteroatoms. The van der Waals surface area contributed by atoms with E-state index in [1.54, 1.807) is 19.2 Å². The number of fused-ring (bicyclic) bond motifs is 3. The van der Waals surface area contributed by atoms with Crippen molar-refractivity contribution in [2.24, 2.45) is 4.99 Å². The highest BCUT2D eigenvalue weighted by molar-refractivity contribution is 6.30. The summed E-state index contributed by atoms with van der Waals surface area (Å²) < 4.78 is 24.0. The lowest BCUT2D eigenvalue weighted by Crippen LogP contribution is -2.29. The molecule has 5 rings (SSSR count). The molecule has 2 heterocycles. The molecule has 0 radical (unpaired) electrons. The van der Waals surface area contributed by atoms with Crippen LogP contribution in [0.4, 0.5) is 0 Å². The monoisotopic (exact) mass is 706 g/mol. The Hall–Kier alpha value is -5.02. The number of carbonyl (C=O) groups is 2. The summed E-state index contributed by atoms with van der Waals surface area (Å²) in [6, 6.07) is 16.4. The van der Waals surface area contributed by atoms with Crippen molar-refractivity contribution in [3.05, 3.63) is 94.0 Å². The smallest absolute Gasteiger partial charge is 0.251 e. The Kier molecular flexibility index (Phi) is 12.8. The zero-order valence-electron chi connectivity index (χ0n) is 27.7. The van der Waals surface area contributed by atoms with Crippen molar-refractivity contribution in [1.82, 2.24) is 25.4 Å². The number of aromatic nitrogens is 3. The van der Waals surface area contributed by atoms with Crippen molar-refractivity contribution in [3.8, 4) is 22.9 Å². The minimum Gasteiger partial charge on any atom is -0.504 e. The van der Waals surface area contributed by atoms with Crippen LogP contribution < -0.4 is 15.4 Å². The van der Waals surface area contributed by atoms with Gasteiger partial charge in [0.15, 0.2) is 17.3 Å². The highest BCUT2D eigenvalue weighted by Crippen LogP contribution is 2.34. The maximum atomic E-state index is 13.1. The number of aromatic hydroxyl groups is 2. The van der Waals surface area contributed by atoms with Crippen molar-refractivity contribution < 1.29 is 38.7 Å². The lowest BCUT2D eigenvalue weighted by Gasteiger charge is -2.14. The second kappa shape index (κ2) is 17.6. The van der Waals surface area contributed by atoms with E-state index in [2.05, 4.69) is 20.8 Å². The van der Waals surface area contributed by atoms with Crippen molar-refractivity contribution in [1.29, 1.82) is 0 Å². The summed E-state index contributed by atoms with van der Waals surface area (Å²) in [4.78, 5) is 30.2. The number of hydrogen-bond acceptors (Lipinski definition) is 11. The predicted molar refractivity (Wildman–Crippen MR) is 185 cm³/mol. The maximum Gasteiger partial charge on any atom is 0.251 e. The minimum absolute atomic E-state index is 0.0491. The van der Waals surface area contributed by atoms with E-state index in [4.69, 9.17) is 35.5 Å². The first-order chi connectivity index (χ1) is 24.2. The van der Waals surface area contributed by atoms with Gasteiger partial charge in [-0.05, 0) is 55.5 Å². The Morgan fingerprint density at radius 3 is 2.20 bits per heavy atom. The highest BCUT2D eigenvalue weighted by atomic mass is 35.5. The van der Waals surface area contributed by atoms with E-state index in [0.29, 0.717) is 67.7 Å². The number of carbonyl (C=O) groups excluding carboxylic acids is 2. The third-order valence-electron chi connectivity index (χ3n) is 7.71. The van der Waals surface area contributed by atoms with Gasteiger partial charge in [0.25, 0.3) is 5.91 Å². The fraction of sp³-hybridized carbons (Fsp3) is 0.343. The van der Waals surface area contributed by atoms with E-state index < -0.39 is 6.04 Å². The van der Waals surface area contributed by atoms with Gasteiger partial charge in [-0.15, -0.1) is 10.2 Å². The molecule has 0 spiro atoms. The number of nitrogens with one attached hydrogen (secondary N) is 2. The fourth-order valence-corrected chi connectivity index (χ4v) is 5.36. The number of halogens is 1. The molecule has 2 amide bonds. The first-order valence-electron chi connectivity index (χ1n) is 16.0. The van der Waals surface area contributed by atoms with Crippen LogP contribution >= 0.6 is 11.6 Å². The van der Waals surface area contributed by atoms with Crippen LogP contribution in [-0.4, -0.2) is 102 Å². The van der Waals surface area contributed by atoms with Crippen molar-refractivity contribution >= 4 is 29.1 Å². The number of amides is 2. The summed E-state index contributed by atoms with van der Waals surface area (Å²) in [5.74, 6) is 0.652. The third-order valence-corrected chi connectivity index (χ3v) is 7.96. The van der Waals surface area contributed by atoms with Crippen LogP contribution in [0.2, 0.25) is 5.02 Å². The molecule has 1 aliphatic rings. The zero-order chi connectivity index (χ0) is 35.5. The molecule has 14 nitrogen and oxygen atoms in total. The number of methoxy groups -OCH3 is 1. The Morgan fingerprint density at radius 1 is 0.840 bits per heavy atom. The molecule has 1 atom stereocenters. The van der Waals surface area contributed by atoms with Gasteiger partial charge < -0.3 is 39.8 Å². The van der Waals surface area contributed by atoms with Gasteiger partial charge in [0.1, 0.15) is 17.6 Å². The molecule has 264 valence electrons. The van der Waals surface area contributed by atoms with Crippen molar-refractivity contribution in [2.45, 2.75) is 19.4 Å². The average Bonchev–Trinajstić information content (AvgIpc) is 3.44. The third kappa shape index (κ3) is 9.36.